The molecule has 1 fully saturated rings. The molecule has 1 heterocycles. The number of nitrogens with one attached hydrogen (secondary N) is 1. The number of hydrogen-bond acceptors (Lipinski definition) is 5. The van der Waals surface area contributed by atoms with Crippen LogP contribution in [-0.4, -0.2) is 36.2 Å². The van der Waals surface area contributed by atoms with E-state index in [4.69, 9.17) is 15.2 Å². The molecule has 0 bridgehead atoms. The van der Waals surface area contributed by atoms with Gasteiger partial charge in [-0.1, -0.05) is 42.5 Å². The second-order valence-corrected chi connectivity index (χ2v) is 8.74. The molecule has 0 aliphatic carbocycles. The van der Waals surface area contributed by atoms with Gasteiger partial charge in [0, 0.05) is 24.4 Å². The first-order chi connectivity index (χ1) is 17.0. The summed E-state index contributed by atoms with van der Waals surface area (Å²) < 4.78 is 11.8. The molecule has 1 saturated heterocycles. The lowest BCUT2D eigenvalue weighted by molar-refractivity contribution is -0.136. The second kappa shape index (κ2) is 11.5. The number of carboxylic acid groups (broad SMARTS) is 1. The number of carboxylic acids is 1. The van der Waals surface area contributed by atoms with Gasteiger partial charge in [0.15, 0.2) is 0 Å². The molecule has 1 amide bonds. The summed E-state index contributed by atoms with van der Waals surface area (Å²) in [5, 5.41) is 12.7. The fraction of sp³-hybridized carbons (Fsp3) is 0.286. The molecule has 182 valence electrons. The summed E-state index contributed by atoms with van der Waals surface area (Å²) in [6.45, 7) is 1.79. The monoisotopic (exact) mass is 474 g/mol. The average Bonchev–Trinajstić information content (AvgIpc) is 3.35. The number of hydrogen-bond donors (Lipinski definition) is 3. The van der Waals surface area contributed by atoms with Crippen molar-refractivity contribution in [3.8, 4) is 16.9 Å². The van der Waals surface area contributed by atoms with Gasteiger partial charge in [-0.2, -0.15) is 0 Å². The Hall–Kier alpha value is -3.84. The van der Waals surface area contributed by atoms with Crippen molar-refractivity contribution in [2.45, 2.75) is 38.4 Å². The molecule has 0 saturated carbocycles. The van der Waals surface area contributed by atoms with E-state index in [9.17, 15) is 14.7 Å². The molecule has 3 aromatic carbocycles. The Morgan fingerprint density at radius 3 is 2.60 bits per heavy atom. The highest BCUT2D eigenvalue weighted by Crippen LogP contribution is 2.28. The van der Waals surface area contributed by atoms with Gasteiger partial charge >= 0.3 is 5.97 Å². The maximum absolute atomic E-state index is 11.4. The third-order valence-corrected chi connectivity index (χ3v) is 5.90. The minimum Gasteiger partial charge on any atom is -0.489 e. The number of para-hydroxylation sites is 1. The molecular weight excluding hydrogens is 444 g/mol. The number of carbonyl (C=O) groups excluding carboxylic acids is 1. The van der Waals surface area contributed by atoms with E-state index in [0.717, 1.165) is 47.4 Å². The standard InChI is InChI=1S/C28H30N2O5/c29-27(31)14-19-5-3-7-21(11-19)23-12-20(13-24(15-23)30-17-25-8-4-10-34-25)18-35-26-9-2-1-6-22(26)16-28(32)33/h1-3,5-7,9,11-13,15,25,30H,4,8,10,14,16-18H2,(H2,29,31)(H,32,33)/t25-/m0/s1. The summed E-state index contributed by atoms with van der Waals surface area (Å²) >= 11 is 0. The summed E-state index contributed by atoms with van der Waals surface area (Å²) in [6.07, 6.45) is 2.39. The van der Waals surface area contributed by atoms with Crippen molar-refractivity contribution in [1.82, 2.24) is 0 Å². The maximum atomic E-state index is 11.4. The number of amides is 1. The van der Waals surface area contributed by atoms with Gasteiger partial charge in [-0.15, -0.1) is 0 Å². The van der Waals surface area contributed by atoms with Crippen LogP contribution in [-0.2, 0) is 33.8 Å². The minimum atomic E-state index is -0.903. The van der Waals surface area contributed by atoms with Crippen molar-refractivity contribution in [3.05, 3.63) is 83.4 Å². The van der Waals surface area contributed by atoms with Crippen LogP contribution in [0.2, 0.25) is 0 Å². The quantitative estimate of drug-likeness (QED) is 0.385. The number of rotatable bonds is 11. The molecule has 1 atom stereocenters. The fourth-order valence-corrected chi connectivity index (χ4v) is 4.26. The first-order valence-electron chi connectivity index (χ1n) is 11.8. The van der Waals surface area contributed by atoms with E-state index in [1.807, 2.05) is 42.5 Å². The van der Waals surface area contributed by atoms with Gasteiger partial charge in [-0.25, -0.2) is 0 Å². The normalized spacial score (nSPS) is 15.0. The maximum Gasteiger partial charge on any atom is 0.307 e. The van der Waals surface area contributed by atoms with Crippen LogP contribution in [0.4, 0.5) is 5.69 Å². The van der Waals surface area contributed by atoms with E-state index in [1.54, 1.807) is 18.2 Å². The Morgan fingerprint density at radius 1 is 1.00 bits per heavy atom. The SMILES string of the molecule is NC(=O)Cc1cccc(-c2cc(COc3ccccc3CC(=O)O)cc(NC[C@@H]3CCCO3)c2)c1. The number of carbonyl (C=O) groups is 2. The smallest absolute Gasteiger partial charge is 0.307 e. The molecule has 3 aromatic rings. The molecule has 0 aromatic heterocycles. The van der Waals surface area contributed by atoms with Crippen LogP contribution in [0.3, 0.4) is 0 Å². The number of nitrogens with two attached hydrogens (primary N) is 1. The van der Waals surface area contributed by atoms with Crippen molar-refractivity contribution in [1.29, 1.82) is 0 Å². The van der Waals surface area contributed by atoms with E-state index >= 15 is 0 Å². The van der Waals surface area contributed by atoms with Crippen molar-refractivity contribution in [2.75, 3.05) is 18.5 Å². The van der Waals surface area contributed by atoms with Crippen molar-refractivity contribution < 1.29 is 24.2 Å². The number of anilines is 1. The Morgan fingerprint density at radius 2 is 1.83 bits per heavy atom. The van der Waals surface area contributed by atoms with Crippen molar-refractivity contribution in [2.24, 2.45) is 5.73 Å². The first kappa shape index (κ1) is 24.3. The third kappa shape index (κ3) is 7.07. The molecule has 0 unspecified atom stereocenters. The first-order valence-corrected chi connectivity index (χ1v) is 11.8. The summed E-state index contributed by atoms with van der Waals surface area (Å²) in [7, 11) is 0. The highest BCUT2D eigenvalue weighted by Gasteiger charge is 2.15. The Balaban J connectivity index is 1.59. The molecule has 4 N–H and O–H groups in total. The van der Waals surface area contributed by atoms with Crippen LogP contribution >= 0.6 is 0 Å². The Kier molecular flexibility index (Phi) is 8.00. The molecule has 1 aliphatic rings. The lowest BCUT2D eigenvalue weighted by Crippen LogP contribution is -2.18. The highest BCUT2D eigenvalue weighted by atomic mass is 16.5. The summed E-state index contributed by atoms with van der Waals surface area (Å²) in [4.78, 5) is 22.6. The highest BCUT2D eigenvalue weighted by molar-refractivity contribution is 5.78. The van der Waals surface area contributed by atoms with Crippen LogP contribution in [0.1, 0.15) is 29.5 Å². The van der Waals surface area contributed by atoms with Gasteiger partial charge in [-0.3, -0.25) is 9.59 Å². The molecule has 7 heteroatoms. The average molecular weight is 475 g/mol. The Bertz CT molecular complexity index is 1190. The molecular formula is C28H30N2O5. The van der Waals surface area contributed by atoms with E-state index in [0.29, 0.717) is 17.9 Å². The molecule has 0 spiro atoms. The van der Waals surface area contributed by atoms with E-state index in [1.165, 1.54) is 0 Å². The van der Waals surface area contributed by atoms with Crippen LogP contribution in [0.5, 0.6) is 5.75 Å². The third-order valence-electron chi connectivity index (χ3n) is 5.90. The fourth-order valence-electron chi connectivity index (χ4n) is 4.26. The largest absolute Gasteiger partial charge is 0.489 e. The van der Waals surface area contributed by atoms with Crippen LogP contribution in [0.25, 0.3) is 11.1 Å². The predicted octanol–water partition coefficient (Wildman–Crippen LogP) is 4.18. The minimum absolute atomic E-state index is 0.100. The molecule has 35 heavy (non-hydrogen) atoms. The predicted molar refractivity (Wildman–Crippen MR) is 134 cm³/mol. The second-order valence-electron chi connectivity index (χ2n) is 8.74. The van der Waals surface area contributed by atoms with Crippen molar-refractivity contribution in [3.63, 3.8) is 0 Å². The molecule has 7 nitrogen and oxygen atoms in total. The summed E-state index contributed by atoms with van der Waals surface area (Å²) in [5.41, 5.74) is 10.7. The van der Waals surface area contributed by atoms with Gasteiger partial charge in [0.25, 0.3) is 0 Å². The topological polar surface area (TPSA) is 111 Å². The van der Waals surface area contributed by atoms with Gasteiger partial charge in [0.05, 0.1) is 18.9 Å². The zero-order chi connectivity index (χ0) is 24.6. The number of ether oxygens (including phenoxy) is 2. The Labute approximate surface area is 204 Å². The number of benzene rings is 3. The number of aliphatic carboxylic acids is 1. The number of primary amides is 1. The molecule has 0 radical (unpaired) electrons. The lowest BCUT2D eigenvalue weighted by Gasteiger charge is -2.16. The van der Waals surface area contributed by atoms with Crippen LogP contribution in [0.15, 0.2) is 66.7 Å². The van der Waals surface area contributed by atoms with Crippen molar-refractivity contribution >= 4 is 17.6 Å². The van der Waals surface area contributed by atoms with E-state index < -0.39 is 5.97 Å². The molecule has 1 aliphatic heterocycles. The molecule has 4 rings (SSSR count). The van der Waals surface area contributed by atoms with Gasteiger partial charge in [-0.05, 0) is 59.4 Å². The van der Waals surface area contributed by atoms with Gasteiger partial charge < -0.3 is 25.6 Å². The van der Waals surface area contributed by atoms with Crippen LogP contribution in [0, 0.1) is 0 Å². The summed E-state index contributed by atoms with van der Waals surface area (Å²) in [5.74, 6) is -0.722. The lowest BCUT2D eigenvalue weighted by atomic mass is 9.99. The summed E-state index contributed by atoms with van der Waals surface area (Å²) in [6, 6.07) is 21.1. The van der Waals surface area contributed by atoms with E-state index in [2.05, 4.69) is 11.4 Å². The van der Waals surface area contributed by atoms with Crippen LogP contribution < -0.4 is 15.8 Å². The zero-order valence-electron chi connectivity index (χ0n) is 19.5. The van der Waals surface area contributed by atoms with Gasteiger partial charge in [0.2, 0.25) is 5.91 Å². The van der Waals surface area contributed by atoms with Gasteiger partial charge in [0.1, 0.15) is 12.4 Å². The zero-order valence-corrected chi connectivity index (χ0v) is 19.5. The van der Waals surface area contributed by atoms with E-state index in [-0.39, 0.29) is 31.5 Å².